The third-order valence-corrected chi connectivity index (χ3v) is 7.14. The number of nitriles is 1. The van der Waals surface area contributed by atoms with Crippen molar-refractivity contribution in [2.75, 3.05) is 0 Å². The summed E-state index contributed by atoms with van der Waals surface area (Å²) in [5.74, 6) is 1.78. The van der Waals surface area contributed by atoms with Crippen LogP contribution in [-0.2, 0) is 32.2 Å². The van der Waals surface area contributed by atoms with Crippen LogP contribution in [0, 0.1) is 11.3 Å². The van der Waals surface area contributed by atoms with Crippen molar-refractivity contribution >= 4 is 0 Å². The zero-order chi connectivity index (χ0) is 26.7. The molecule has 3 aromatic carbocycles. The summed E-state index contributed by atoms with van der Waals surface area (Å²) in [7, 11) is 0. The van der Waals surface area contributed by atoms with E-state index in [1.807, 2.05) is 53.1 Å². The van der Waals surface area contributed by atoms with E-state index in [1.165, 1.54) is 11.1 Å². The third-order valence-electron chi connectivity index (χ3n) is 7.14. The Morgan fingerprint density at radius 2 is 1.76 bits per heavy atom. The van der Waals surface area contributed by atoms with Gasteiger partial charge < -0.3 is 4.74 Å². The Morgan fingerprint density at radius 1 is 1.00 bits per heavy atom. The van der Waals surface area contributed by atoms with Crippen LogP contribution in [0.4, 0.5) is 0 Å². The van der Waals surface area contributed by atoms with Gasteiger partial charge in [-0.05, 0) is 73.1 Å². The molecule has 5 rings (SSSR count). The first-order valence-electron chi connectivity index (χ1n) is 13.3. The minimum Gasteiger partial charge on any atom is -0.487 e. The summed E-state index contributed by atoms with van der Waals surface area (Å²) < 4.78 is 7.84. The maximum atomic E-state index is 13.6. The SMILES string of the molecule is CCCc1ncc(CCc2ccc3c(c2)CC(C)(C)O3)c(=O)n1Cc1ccc(-c2ccccc2C#N)cc1. The largest absolute Gasteiger partial charge is 0.487 e. The van der Waals surface area contributed by atoms with Crippen molar-refractivity contribution in [1.82, 2.24) is 9.55 Å². The van der Waals surface area contributed by atoms with Gasteiger partial charge in [0.2, 0.25) is 0 Å². The molecule has 1 aliphatic rings. The lowest BCUT2D eigenvalue weighted by Gasteiger charge is -2.16. The van der Waals surface area contributed by atoms with Gasteiger partial charge in [-0.2, -0.15) is 5.26 Å². The van der Waals surface area contributed by atoms with E-state index < -0.39 is 0 Å². The van der Waals surface area contributed by atoms with E-state index in [4.69, 9.17) is 9.72 Å². The van der Waals surface area contributed by atoms with Gasteiger partial charge in [0.1, 0.15) is 17.2 Å². The molecule has 0 fully saturated rings. The molecular weight excluding hydrogens is 470 g/mol. The zero-order valence-electron chi connectivity index (χ0n) is 22.3. The summed E-state index contributed by atoms with van der Waals surface area (Å²) in [5, 5.41) is 9.44. The highest BCUT2D eigenvalue weighted by atomic mass is 16.5. The molecule has 0 aliphatic carbocycles. The monoisotopic (exact) mass is 503 g/mol. The summed E-state index contributed by atoms with van der Waals surface area (Å²) in [6, 6.07) is 24.3. The number of ether oxygens (including phenoxy) is 1. The highest BCUT2D eigenvalue weighted by Crippen LogP contribution is 2.35. The molecular formula is C33H33N3O2. The number of hydrogen-bond donors (Lipinski definition) is 0. The molecule has 0 N–H and O–H groups in total. The van der Waals surface area contributed by atoms with Gasteiger partial charge in [0.15, 0.2) is 0 Å². The molecule has 4 aromatic rings. The van der Waals surface area contributed by atoms with Gasteiger partial charge in [-0.25, -0.2) is 4.98 Å². The lowest BCUT2D eigenvalue weighted by molar-refractivity contribution is 0.138. The van der Waals surface area contributed by atoms with Gasteiger partial charge in [0, 0.05) is 24.6 Å². The van der Waals surface area contributed by atoms with Gasteiger partial charge in [-0.3, -0.25) is 9.36 Å². The average Bonchev–Trinajstić information content (AvgIpc) is 3.23. The fraction of sp³-hybridized carbons (Fsp3) is 0.303. The van der Waals surface area contributed by atoms with Crippen LogP contribution in [0.5, 0.6) is 5.75 Å². The summed E-state index contributed by atoms with van der Waals surface area (Å²) in [6.45, 7) is 6.79. The van der Waals surface area contributed by atoms with E-state index in [0.717, 1.165) is 59.5 Å². The number of rotatable bonds is 8. The first-order valence-corrected chi connectivity index (χ1v) is 13.3. The molecule has 0 saturated heterocycles. The number of aryl methyl sites for hydroxylation is 3. The van der Waals surface area contributed by atoms with Crippen molar-refractivity contribution in [2.24, 2.45) is 0 Å². The fourth-order valence-corrected chi connectivity index (χ4v) is 5.23. The maximum Gasteiger partial charge on any atom is 0.256 e. The molecule has 0 unspecified atom stereocenters. The Bertz CT molecular complexity index is 1560. The Labute approximate surface area is 224 Å². The maximum absolute atomic E-state index is 13.6. The molecule has 0 radical (unpaired) electrons. The van der Waals surface area contributed by atoms with Gasteiger partial charge in [-0.15, -0.1) is 0 Å². The summed E-state index contributed by atoms with van der Waals surface area (Å²) in [4.78, 5) is 18.3. The van der Waals surface area contributed by atoms with Crippen LogP contribution in [-0.4, -0.2) is 15.2 Å². The van der Waals surface area contributed by atoms with Gasteiger partial charge in [0.25, 0.3) is 5.56 Å². The second-order valence-electron chi connectivity index (χ2n) is 10.7. The van der Waals surface area contributed by atoms with Crippen LogP contribution in [0.1, 0.15) is 60.8 Å². The quantitative estimate of drug-likeness (QED) is 0.284. The first kappa shape index (κ1) is 25.5. The second-order valence-corrected chi connectivity index (χ2v) is 10.7. The third kappa shape index (κ3) is 5.40. The highest BCUT2D eigenvalue weighted by Gasteiger charge is 2.29. The lowest BCUT2D eigenvalue weighted by Crippen LogP contribution is -2.28. The van der Waals surface area contributed by atoms with E-state index in [1.54, 1.807) is 6.20 Å². The molecule has 2 heterocycles. The molecule has 0 saturated carbocycles. The number of fused-ring (bicyclic) bond motifs is 1. The summed E-state index contributed by atoms with van der Waals surface area (Å²) in [5.41, 5.74) is 6.64. The highest BCUT2D eigenvalue weighted by molar-refractivity contribution is 5.70. The van der Waals surface area contributed by atoms with E-state index in [2.05, 4.69) is 45.0 Å². The minimum atomic E-state index is -0.162. The molecule has 1 aliphatic heterocycles. The standard InChI is InChI=1S/C33H33N3O2/c1-4-7-31-35-21-27(16-10-23-13-17-30-28(18-23)19-33(2,3)38-30)32(37)36(31)22-24-11-14-25(15-12-24)29-9-6-5-8-26(29)20-34/h5-6,8-9,11-15,17-18,21H,4,7,10,16,19,22H2,1-3H3. The van der Waals surface area contributed by atoms with Crippen molar-refractivity contribution in [3.05, 3.63) is 117 Å². The predicted molar refractivity (Wildman–Crippen MR) is 150 cm³/mol. The normalized spacial score (nSPS) is 13.5. The van der Waals surface area contributed by atoms with Crippen molar-refractivity contribution < 1.29 is 4.74 Å². The first-order chi connectivity index (χ1) is 18.4. The summed E-state index contributed by atoms with van der Waals surface area (Å²) >= 11 is 0. The molecule has 0 amide bonds. The topological polar surface area (TPSA) is 67.9 Å². The molecule has 0 atom stereocenters. The average molecular weight is 504 g/mol. The fourth-order valence-electron chi connectivity index (χ4n) is 5.23. The van der Waals surface area contributed by atoms with E-state index in [-0.39, 0.29) is 11.2 Å². The zero-order valence-corrected chi connectivity index (χ0v) is 22.3. The van der Waals surface area contributed by atoms with E-state index in [0.29, 0.717) is 18.5 Å². The van der Waals surface area contributed by atoms with E-state index in [9.17, 15) is 10.1 Å². The Morgan fingerprint density at radius 3 is 2.53 bits per heavy atom. The van der Waals surface area contributed by atoms with Crippen LogP contribution in [0.15, 0.2) is 77.7 Å². The van der Waals surface area contributed by atoms with Crippen LogP contribution in [0.25, 0.3) is 11.1 Å². The molecule has 1 aromatic heterocycles. The second kappa shape index (κ2) is 10.7. The number of benzene rings is 3. The summed E-state index contributed by atoms with van der Waals surface area (Å²) in [6.07, 6.45) is 5.77. The van der Waals surface area contributed by atoms with Gasteiger partial charge in [-0.1, -0.05) is 61.5 Å². The van der Waals surface area contributed by atoms with Crippen molar-refractivity contribution in [3.63, 3.8) is 0 Å². The van der Waals surface area contributed by atoms with Crippen molar-refractivity contribution in [2.45, 2.75) is 65.0 Å². The molecule has 5 heteroatoms. The van der Waals surface area contributed by atoms with Crippen molar-refractivity contribution in [3.8, 4) is 22.9 Å². The minimum absolute atomic E-state index is 0.0352. The van der Waals surface area contributed by atoms with Gasteiger partial charge >= 0.3 is 0 Å². The molecule has 5 nitrogen and oxygen atoms in total. The van der Waals surface area contributed by atoms with Crippen LogP contribution < -0.4 is 10.3 Å². The Kier molecular flexibility index (Phi) is 7.15. The van der Waals surface area contributed by atoms with Crippen LogP contribution in [0.3, 0.4) is 0 Å². The van der Waals surface area contributed by atoms with Gasteiger partial charge in [0.05, 0.1) is 18.2 Å². The molecule has 0 spiro atoms. The Hall–Kier alpha value is -4.17. The molecule has 0 bridgehead atoms. The predicted octanol–water partition coefficient (Wildman–Crippen LogP) is 6.28. The molecule has 192 valence electrons. The smallest absolute Gasteiger partial charge is 0.256 e. The van der Waals surface area contributed by atoms with Crippen LogP contribution >= 0.6 is 0 Å². The molecule has 38 heavy (non-hydrogen) atoms. The number of aromatic nitrogens is 2. The van der Waals surface area contributed by atoms with Crippen molar-refractivity contribution in [1.29, 1.82) is 5.26 Å². The number of nitrogens with zero attached hydrogens (tertiary/aromatic N) is 3. The lowest BCUT2D eigenvalue weighted by atomic mass is 9.98. The Balaban J connectivity index is 1.36. The van der Waals surface area contributed by atoms with Crippen LogP contribution in [0.2, 0.25) is 0 Å². The van der Waals surface area contributed by atoms with E-state index >= 15 is 0 Å². The number of hydrogen-bond acceptors (Lipinski definition) is 4.